The molecule has 25 heavy (non-hydrogen) atoms. The van der Waals surface area contributed by atoms with Crippen LogP contribution in [0.4, 0.5) is 17.6 Å². The predicted octanol–water partition coefficient (Wildman–Crippen LogP) is 2.53. The molecule has 7 heteroatoms. The lowest BCUT2D eigenvalue weighted by Gasteiger charge is -2.35. The van der Waals surface area contributed by atoms with Crippen molar-refractivity contribution >= 4 is 17.6 Å². The van der Waals surface area contributed by atoms with Crippen molar-refractivity contribution in [1.82, 2.24) is 20.2 Å². The van der Waals surface area contributed by atoms with Crippen molar-refractivity contribution < 1.29 is 0 Å². The minimum absolute atomic E-state index is 0.301. The Labute approximate surface area is 147 Å². The minimum atomic E-state index is 0.301. The smallest absolute Gasteiger partial charge is 0.227 e. The molecule has 2 aromatic rings. The van der Waals surface area contributed by atoms with Gasteiger partial charge in [-0.25, -0.2) is 4.98 Å². The largest absolute Gasteiger partial charge is 0.337 e. The van der Waals surface area contributed by atoms with Crippen molar-refractivity contribution in [3.63, 3.8) is 0 Å². The topological polar surface area (TPSA) is 95.8 Å². The highest BCUT2D eigenvalue weighted by molar-refractivity contribution is 5.54. The van der Waals surface area contributed by atoms with Crippen LogP contribution in [0.15, 0.2) is 18.3 Å². The highest BCUT2D eigenvalue weighted by atomic mass is 15.3. The maximum Gasteiger partial charge on any atom is 0.227 e. The Balaban J connectivity index is 1.31. The van der Waals surface area contributed by atoms with E-state index in [0.717, 1.165) is 30.7 Å². The molecule has 0 amide bonds. The van der Waals surface area contributed by atoms with Crippen molar-refractivity contribution in [3.8, 4) is 0 Å². The molecule has 2 saturated carbocycles. The standard InChI is InChI=1S/C18H25N7/c19-10-18-8-13(9-18)25(11-18)17-20-6-5-15(22-17)21-16-7-14(23-24-16)12-3-1-2-4-12/h5-7,12-13H,1-4,8-11,19H2,(H2,20,21,22,23,24). The Bertz CT molecular complexity index is 758. The van der Waals surface area contributed by atoms with Crippen LogP contribution in [-0.2, 0) is 0 Å². The Morgan fingerprint density at radius 3 is 2.88 bits per heavy atom. The molecule has 0 radical (unpaired) electrons. The van der Waals surface area contributed by atoms with E-state index in [1.165, 1.54) is 44.2 Å². The number of rotatable bonds is 5. The molecule has 0 aromatic carbocycles. The molecule has 4 aliphatic rings. The normalized spacial score (nSPS) is 28.4. The number of nitrogens with two attached hydrogens (primary N) is 1. The Morgan fingerprint density at radius 1 is 1.28 bits per heavy atom. The summed E-state index contributed by atoms with van der Waals surface area (Å²) >= 11 is 0. The molecule has 7 nitrogen and oxygen atoms in total. The molecule has 4 heterocycles. The van der Waals surface area contributed by atoms with Crippen LogP contribution in [0.25, 0.3) is 0 Å². The molecule has 4 N–H and O–H groups in total. The van der Waals surface area contributed by atoms with E-state index >= 15 is 0 Å². The van der Waals surface area contributed by atoms with Gasteiger partial charge in [-0.1, -0.05) is 12.8 Å². The van der Waals surface area contributed by atoms with Crippen molar-refractivity contribution in [2.45, 2.75) is 50.5 Å². The van der Waals surface area contributed by atoms with Gasteiger partial charge in [-0.3, -0.25) is 5.10 Å². The Morgan fingerprint density at radius 2 is 2.12 bits per heavy atom. The highest BCUT2D eigenvalue weighted by Gasteiger charge is 2.54. The molecule has 2 aromatic heterocycles. The van der Waals surface area contributed by atoms with Crippen LogP contribution in [0.1, 0.15) is 50.1 Å². The molecule has 0 spiro atoms. The lowest BCUT2D eigenvalue weighted by atomic mass is 9.70. The van der Waals surface area contributed by atoms with Crippen molar-refractivity contribution in [2.24, 2.45) is 11.1 Å². The summed E-state index contributed by atoms with van der Waals surface area (Å²) in [6, 6.07) is 4.57. The van der Waals surface area contributed by atoms with E-state index < -0.39 is 0 Å². The van der Waals surface area contributed by atoms with Crippen LogP contribution >= 0.6 is 0 Å². The first-order valence-electron chi connectivity index (χ1n) is 9.37. The van der Waals surface area contributed by atoms with Gasteiger partial charge < -0.3 is 16.0 Å². The molecule has 2 aliphatic carbocycles. The minimum Gasteiger partial charge on any atom is -0.337 e. The van der Waals surface area contributed by atoms with Crippen LogP contribution in [0.5, 0.6) is 0 Å². The average Bonchev–Trinajstić information content (AvgIpc) is 3.36. The van der Waals surface area contributed by atoms with Crippen molar-refractivity contribution in [2.75, 3.05) is 23.3 Å². The molecule has 2 saturated heterocycles. The number of hydrogen-bond donors (Lipinski definition) is 3. The second kappa shape index (κ2) is 5.69. The fourth-order valence-corrected chi connectivity index (χ4v) is 4.78. The molecule has 0 unspecified atom stereocenters. The molecule has 6 rings (SSSR count). The predicted molar refractivity (Wildman–Crippen MR) is 97.0 cm³/mol. The van der Waals surface area contributed by atoms with Crippen LogP contribution in [0.2, 0.25) is 0 Å². The van der Waals surface area contributed by atoms with Gasteiger partial charge in [0.2, 0.25) is 5.95 Å². The van der Waals surface area contributed by atoms with Crippen molar-refractivity contribution in [3.05, 3.63) is 24.0 Å². The first-order valence-corrected chi connectivity index (χ1v) is 9.37. The summed E-state index contributed by atoms with van der Waals surface area (Å²) in [5.41, 5.74) is 7.48. The van der Waals surface area contributed by atoms with E-state index in [0.29, 0.717) is 17.4 Å². The van der Waals surface area contributed by atoms with Crippen molar-refractivity contribution in [1.29, 1.82) is 0 Å². The Kier molecular flexibility index (Phi) is 3.45. The van der Waals surface area contributed by atoms with E-state index in [9.17, 15) is 0 Å². The first kappa shape index (κ1) is 15.1. The summed E-state index contributed by atoms with van der Waals surface area (Å²) in [6.07, 6.45) is 9.34. The number of fused-ring (bicyclic) bond motifs is 1. The summed E-state index contributed by atoms with van der Waals surface area (Å²) in [5.74, 6) is 3.05. The van der Waals surface area contributed by atoms with E-state index in [1.54, 1.807) is 0 Å². The number of H-pyrrole nitrogens is 1. The van der Waals surface area contributed by atoms with Gasteiger partial charge in [0.1, 0.15) is 5.82 Å². The number of hydrogen-bond acceptors (Lipinski definition) is 6. The third kappa shape index (κ3) is 2.57. The lowest BCUT2D eigenvalue weighted by molar-refractivity contribution is 0.210. The third-order valence-electron chi connectivity index (χ3n) is 6.27. The molecule has 2 aliphatic heterocycles. The number of anilines is 3. The molecule has 4 fully saturated rings. The third-order valence-corrected chi connectivity index (χ3v) is 6.27. The summed E-state index contributed by atoms with van der Waals surface area (Å²) in [7, 11) is 0. The van der Waals surface area contributed by atoms with Gasteiger partial charge in [0, 0.05) is 41.9 Å². The molecular weight excluding hydrogens is 314 g/mol. The van der Waals surface area contributed by atoms with Gasteiger partial charge in [-0.05, 0) is 38.3 Å². The second-order valence-corrected chi connectivity index (χ2v) is 7.95. The maximum absolute atomic E-state index is 5.94. The quantitative estimate of drug-likeness (QED) is 0.775. The summed E-state index contributed by atoms with van der Waals surface area (Å²) in [5, 5.41) is 10.9. The van der Waals surface area contributed by atoms with Crippen LogP contribution < -0.4 is 16.0 Å². The average molecular weight is 339 g/mol. The fourth-order valence-electron chi connectivity index (χ4n) is 4.78. The molecular formula is C18H25N7. The van der Waals surface area contributed by atoms with E-state index in [2.05, 4.69) is 31.5 Å². The van der Waals surface area contributed by atoms with E-state index in [4.69, 9.17) is 10.7 Å². The zero-order valence-corrected chi connectivity index (χ0v) is 14.4. The maximum atomic E-state index is 5.94. The summed E-state index contributed by atoms with van der Waals surface area (Å²) in [6.45, 7) is 1.74. The summed E-state index contributed by atoms with van der Waals surface area (Å²) < 4.78 is 0. The fraction of sp³-hybridized carbons (Fsp3) is 0.611. The second-order valence-electron chi connectivity index (χ2n) is 7.95. The van der Waals surface area contributed by atoms with Gasteiger partial charge >= 0.3 is 0 Å². The van der Waals surface area contributed by atoms with Crippen LogP contribution in [0, 0.1) is 5.41 Å². The molecule has 0 atom stereocenters. The van der Waals surface area contributed by atoms with Gasteiger partial charge in [0.15, 0.2) is 5.82 Å². The highest BCUT2D eigenvalue weighted by Crippen LogP contribution is 2.51. The number of nitrogens with one attached hydrogen (secondary N) is 2. The van der Waals surface area contributed by atoms with Gasteiger partial charge in [-0.2, -0.15) is 10.1 Å². The van der Waals surface area contributed by atoms with Gasteiger partial charge in [-0.15, -0.1) is 0 Å². The SMILES string of the molecule is NCC12CC(C1)N(c1nccc(Nc3cc(C4CCCC4)[nH]n3)n1)C2. The van der Waals surface area contributed by atoms with E-state index in [1.807, 2.05) is 12.3 Å². The summed E-state index contributed by atoms with van der Waals surface area (Å²) in [4.78, 5) is 11.5. The number of aromatic nitrogens is 4. The lowest BCUT2D eigenvalue weighted by Crippen LogP contribution is -2.40. The monoisotopic (exact) mass is 339 g/mol. The van der Waals surface area contributed by atoms with Crippen LogP contribution in [0.3, 0.4) is 0 Å². The zero-order chi connectivity index (χ0) is 16.9. The number of nitrogens with zero attached hydrogens (tertiary/aromatic N) is 4. The van der Waals surface area contributed by atoms with Crippen LogP contribution in [-0.4, -0.2) is 39.3 Å². The molecule has 2 bridgehead atoms. The first-order chi connectivity index (χ1) is 12.2. The molecule has 132 valence electrons. The van der Waals surface area contributed by atoms with Gasteiger partial charge in [0.25, 0.3) is 0 Å². The number of aromatic amines is 1. The zero-order valence-electron chi connectivity index (χ0n) is 14.4. The van der Waals surface area contributed by atoms with Gasteiger partial charge in [0.05, 0.1) is 0 Å². The Hall–Kier alpha value is -2.15. The van der Waals surface area contributed by atoms with E-state index in [-0.39, 0.29) is 0 Å².